The lowest BCUT2D eigenvalue weighted by Crippen LogP contribution is -2.46. The summed E-state index contributed by atoms with van der Waals surface area (Å²) in [5.74, 6) is -1.56. The number of carbonyl (C=O) groups is 3. The average Bonchev–Trinajstić information content (AvgIpc) is 3.53. The van der Waals surface area contributed by atoms with Gasteiger partial charge in [-0.1, -0.05) is 48.5 Å². The molecular formula is C22H24N2O4. The van der Waals surface area contributed by atoms with E-state index in [1.807, 2.05) is 36.4 Å². The molecule has 1 aliphatic rings. The average molecular weight is 380 g/mol. The Kier molecular flexibility index (Phi) is 6.09. The Morgan fingerprint density at radius 3 is 2.14 bits per heavy atom. The van der Waals surface area contributed by atoms with Gasteiger partial charge in [0.25, 0.3) is 5.91 Å². The summed E-state index contributed by atoms with van der Waals surface area (Å²) in [6, 6.07) is 16.6. The third-order valence-electron chi connectivity index (χ3n) is 4.92. The summed E-state index contributed by atoms with van der Waals surface area (Å²) in [4.78, 5) is 38.5. The van der Waals surface area contributed by atoms with Gasteiger partial charge in [-0.2, -0.15) is 0 Å². The number of rotatable bonds is 8. The first-order valence-corrected chi connectivity index (χ1v) is 9.42. The number of aliphatic carboxylic acids is 1. The summed E-state index contributed by atoms with van der Waals surface area (Å²) in [6.45, 7) is 1.53. The number of hydrogen-bond donors (Lipinski definition) is 2. The van der Waals surface area contributed by atoms with Gasteiger partial charge in [0.05, 0.1) is 12.5 Å². The lowest BCUT2D eigenvalue weighted by molar-refractivity contribution is -0.150. The van der Waals surface area contributed by atoms with Gasteiger partial charge >= 0.3 is 5.97 Å². The number of hydrogen-bond acceptors (Lipinski definition) is 3. The Bertz CT molecular complexity index is 834. The van der Waals surface area contributed by atoms with Gasteiger partial charge in [-0.3, -0.25) is 9.59 Å². The highest BCUT2D eigenvalue weighted by molar-refractivity contribution is 5.95. The van der Waals surface area contributed by atoms with E-state index < -0.39 is 18.1 Å². The van der Waals surface area contributed by atoms with Crippen molar-refractivity contribution in [1.82, 2.24) is 10.2 Å². The maximum absolute atomic E-state index is 13.0. The van der Waals surface area contributed by atoms with Crippen LogP contribution in [0.15, 0.2) is 60.7 Å². The van der Waals surface area contributed by atoms with Crippen LogP contribution >= 0.6 is 0 Å². The molecule has 6 nitrogen and oxygen atoms in total. The Hall–Kier alpha value is -3.15. The van der Waals surface area contributed by atoms with Gasteiger partial charge < -0.3 is 15.3 Å². The van der Waals surface area contributed by atoms with E-state index in [1.165, 1.54) is 11.8 Å². The van der Waals surface area contributed by atoms with Crippen LogP contribution in [0.25, 0.3) is 0 Å². The molecule has 0 spiro atoms. The molecule has 1 aliphatic carbocycles. The molecule has 0 bridgehead atoms. The zero-order valence-electron chi connectivity index (χ0n) is 15.7. The molecule has 2 aromatic carbocycles. The zero-order chi connectivity index (χ0) is 20.1. The van der Waals surface area contributed by atoms with Crippen LogP contribution in [0.4, 0.5) is 0 Å². The van der Waals surface area contributed by atoms with Gasteiger partial charge in [0.15, 0.2) is 0 Å². The van der Waals surface area contributed by atoms with Crippen LogP contribution in [-0.2, 0) is 9.59 Å². The molecule has 0 heterocycles. The van der Waals surface area contributed by atoms with Crippen LogP contribution in [0.3, 0.4) is 0 Å². The summed E-state index contributed by atoms with van der Waals surface area (Å²) >= 11 is 0. The van der Waals surface area contributed by atoms with E-state index in [4.69, 9.17) is 0 Å². The first kappa shape index (κ1) is 19.6. The predicted molar refractivity (Wildman–Crippen MR) is 105 cm³/mol. The maximum Gasteiger partial charge on any atom is 0.326 e. The van der Waals surface area contributed by atoms with Crippen LogP contribution in [0.2, 0.25) is 0 Å². The molecular weight excluding hydrogens is 356 g/mol. The van der Waals surface area contributed by atoms with Crippen LogP contribution in [-0.4, -0.2) is 39.9 Å². The van der Waals surface area contributed by atoms with Crippen LogP contribution in [0.1, 0.15) is 48.1 Å². The normalized spacial score (nSPS) is 15.3. The van der Waals surface area contributed by atoms with Gasteiger partial charge in [-0.05, 0) is 37.5 Å². The lowest BCUT2D eigenvalue weighted by atomic mass is 10.0. The van der Waals surface area contributed by atoms with Crippen molar-refractivity contribution in [3.8, 4) is 0 Å². The van der Waals surface area contributed by atoms with E-state index in [-0.39, 0.29) is 24.3 Å². The Morgan fingerprint density at radius 1 is 1.04 bits per heavy atom. The highest BCUT2D eigenvalue weighted by Gasteiger charge is 2.39. The molecule has 2 amide bonds. The smallest absolute Gasteiger partial charge is 0.326 e. The van der Waals surface area contributed by atoms with Crippen LogP contribution < -0.4 is 5.32 Å². The second kappa shape index (κ2) is 8.69. The zero-order valence-corrected chi connectivity index (χ0v) is 15.7. The molecule has 2 aromatic rings. The third-order valence-corrected chi connectivity index (χ3v) is 4.92. The summed E-state index contributed by atoms with van der Waals surface area (Å²) < 4.78 is 0. The van der Waals surface area contributed by atoms with Crippen LogP contribution in [0.5, 0.6) is 0 Å². The molecule has 1 fully saturated rings. The quantitative estimate of drug-likeness (QED) is 0.737. The summed E-state index contributed by atoms with van der Waals surface area (Å²) in [5.41, 5.74) is 1.31. The Labute approximate surface area is 164 Å². The lowest BCUT2D eigenvalue weighted by Gasteiger charge is -2.29. The number of nitrogens with zero attached hydrogens (tertiary/aromatic N) is 1. The fourth-order valence-corrected chi connectivity index (χ4v) is 3.26. The molecule has 6 heteroatoms. The van der Waals surface area contributed by atoms with Crippen molar-refractivity contribution in [2.75, 3.05) is 0 Å². The first-order chi connectivity index (χ1) is 13.5. The number of carboxylic acid groups (broad SMARTS) is 1. The molecule has 2 N–H and O–H groups in total. The maximum atomic E-state index is 13.0. The van der Waals surface area contributed by atoms with Gasteiger partial charge in [0, 0.05) is 11.6 Å². The minimum Gasteiger partial charge on any atom is -0.480 e. The van der Waals surface area contributed by atoms with Crippen molar-refractivity contribution in [2.45, 2.75) is 44.3 Å². The van der Waals surface area contributed by atoms with Gasteiger partial charge in [0.2, 0.25) is 5.91 Å². The first-order valence-electron chi connectivity index (χ1n) is 9.42. The number of benzene rings is 2. The predicted octanol–water partition coefficient (Wildman–Crippen LogP) is 3.01. The van der Waals surface area contributed by atoms with Crippen molar-refractivity contribution < 1.29 is 19.5 Å². The van der Waals surface area contributed by atoms with E-state index >= 15 is 0 Å². The SMILES string of the molecule is CC(C(=O)O)N(C(=O)CC(NC(=O)c1ccccc1)c1ccccc1)C1CC1. The minimum absolute atomic E-state index is 0.0106. The molecule has 2 unspecified atom stereocenters. The van der Waals surface area contributed by atoms with Crippen molar-refractivity contribution in [1.29, 1.82) is 0 Å². The van der Waals surface area contributed by atoms with E-state index in [2.05, 4.69) is 5.32 Å². The van der Waals surface area contributed by atoms with E-state index in [9.17, 15) is 19.5 Å². The molecule has 0 aromatic heterocycles. The summed E-state index contributed by atoms with van der Waals surface area (Å²) in [5, 5.41) is 12.3. The molecule has 0 radical (unpaired) electrons. The van der Waals surface area contributed by atoms with Crippen molar-refractivity contribution >= 4 is 17.8 Å². The Morgan fingerprint density at radius 2 is 1.61 bits per heavy atom. The van der Waals surface area contributed by atoms with Gasteiger partial charge in [0.1, 0.15) is 6.04 Å². The van der Waals surface area contributed by atoms with E-state index in [0.717, 1.165) is 18.4 Å². The van der Waals surface area contributed by atoms with Gasteiger partial charge in [-0.25, -0.2) is 4.79 Å². The fourth-order valence-electron chi connectivity index (χ4n) is 3.26. The largest absolute Gasteiger partial charge is 0.480 e. The molecule has 28 heavy (non-hydrogen) atoms. The molecule has 3 rings (SSSR count). The second-order valence-electron chi connectivity index (χ2n) is 7.05. The minimum atomic E-state index is -1.02. The van der Waals surface area contributed by atoms with Crippen molar-refractivity contribution in [3.05, 3.63) is 71.8 Å². The highest BCUT2D eigenvalue weighted by atomic mass is 16.4. The number of amides is 2. The second-order valence-corrected chi connectivity index (χ2v) is 7.05. The fraction of sp³-hybridized carbons (Fsp3) is 0.318. The molecule has 1 saturated carbocycles. The number of carboxylic acids is 1. The molecule has 146 valence electrons. The Balaban J connectivity index is 1.80. The van der Waals surface area contributed by atoms with Crippen LogP contribution in [0, 0.1) is 0 Å². The monoisotopic (exact) mass is 380 g/mol. The van der Waals surface area contributed by atoms with E-state index in [0.29, 0.717) is 5.56 Å². The third kappa shape index (κ3) is 4.76. The van der Waals surface area contributed by atoms with Gasteiger partial charge in [-0.15, -0.1) is 0 Å². The summed E-state index contributed by atoms with van der Waals surface area (Å²) in [6.07, 6.45) is 1.64. The molecule has 0 saturated heterocycles. The van der Waals surface area contributed by atoms with Crippen molar-refractivity contribution in [3.63, 3.8) is 0 Å². The van der Waals surface area contributed by atoms with E-state index in [1.54, 1.807) is 24.3 Å². The standard InChI is InChI=1S/C22H24N2O4/c1-15(22(27)28)24(18-12-13-18)20(25)14-19(16-8-4-2-5-9-16)23-21(26)17-10-6-3-7-11-17/h2-11,15,18-19H,12-14H2,1H3,(H,23,26)(H,27,28). The summed E-state index contributed by atoms with van der Waals surface area (Å²) in [7, 11) is 0. The molecule has 0 aliphatic heterocycles. The topological polar surface area (TPSA) is 86.7 Å². The highest BCUT2D eigenvalue weighted by Crippen LogP contribution is 2.31. The molecule has 2 atom stereocenters. The number of carbonyl (C=O) groups excluding carboxylic acids is 2. The number of nitrogens with one attached hydrogen (secondary N) is 1. The van der Waals surface area contributed by atoms with Crippen molar-refractivity contribution in [2.24, 2.45) is 0 Å².